The molecule has 1 aromatic carbocycles. The number of ether oxygens (including phenoxy) is 1. The second-order valence-electron chi connectivity index (χ2n) is 5.39. The molecule has 0 saturated heterocycles. The van der Waals surface area contributed by atoms with Crippen LogP contribution in [0.3, 0.4) is 0 Å². The van der Waals surface area contributed by atoms with E-state index in [0.717, 1.165) is 29.9 Å². The Labute approximate surface area is 102 Å². The maximum atomic E-state index is 12.1. The van der Waals surface area contributed by atoms with Crippen molar-refractivity contribution in [3.63, 3.8) is 0 Å². The first-order chi connectivity index (χ1) is 8.02. The van der Waals surface area contributed by atoms with E-state index in [4.69, 9.17) is 10.5 Å². The molecule has 0 aromatic heterocycles. The molecule has 17 heavy (non-hydrogen) atoms. The number of benzene rings is 1. The van der Waals surface area contributed by atoms with Gasteiger partial charge >= 0.3 is 0 Å². The average Bonchev–Trinajstić information content (AvgIpc) is 2.75. The Balaban J connectivity index is 2.15. The Kier molecular flexibility index (Phi) is 3.20. The van der Waals surface area contributed by atoms with Crippen LogP contribution in [0.5, 0.6) is 5.75 Å². The summed E-state index contributed by atoms with van der Waals surface area (Å²) in [5.74, 6) is 1.08. The van der Waals surface area contributed by atoms with Crippen LogP contribution >= 0.6 is 0 Å². The number of ketones is 1. The van der Waals surface area contributed by atoms with Crippen molar-refractivity contribution in [2.24, 2.45) is 11.1 Å². The number of carbonyl (C=O) groups excluding carboxylic acids is 1. The van der Waals surface area contributed by atoms with Crippen molar-refractivity contribution in [1.29, 1.82) is 0 Å². The third-order valence-electron chi connectivity index (χ3n) is 3.20. The van der Waals surface area contributed by atoms with Gasteiger partial charge in [-0.1, -0.05) is 13.8 Å². The molecule has 2 rings (SSSR count). The maximum Gasteiger partial charge on any atom is 0.163 e. The SMILES string of the molecule is CC(C)(CN)CC(=O)c1ccc2c(c1)CCO2. The molecule has 0 fully saturated rings. The molecule has 0 radical (unpaired) electrons. The van der Waals surface area contributed by atoms with Gasteiger partial charge in [-0.25, -0.2) is 0 Å². The summed E-state index contributed by atoms with van der Waals surface area (Å²) in [4.78, 5) is 12.1. The van der Waals surface area contributed by atoms with E-state index in [2.05, 4.69) is 0 Å². The largest absolute Gasteiger partial charge is 0.493 e. The molecule has 2 N–H and O–H groups in total. The minimum absolute atomic E-state index is 0.132. The van der Waals surface area contributed by atoms with Gasteiger partial charge in [0.2, 0.25) is 0 Å². The third-order valence-corrected chi connectivity index (χ3v) is 3.20. The summed E-state index contributed by atoms with van der Waals surface area (Å²) in [6.45, 7) is 5.27. The molecular formula is C14H19NO2. The van der Waals surface area contributed by atoms with Crippen molar-refractivity contribution < 1.29 is 9.53 Å². The zero-order valence-corrected chi connectivity index (χ0v) is 10.5. The lowest BCUT2D eigenvalue weighted by molar-refractivity contribution is 0.0935. The van der Waals surface area contributed by atoms with E-state index >= 15 is 0 Å². The van der Waals surface area contributed by atoms with Gasteiger partial charge in [-0.05, 0) is 35.7 Å². The highest BCUT2D eigenvalue weighted by Crippen LogP contribution is 2.28. The molecule has 0 saturated carbocycles. The molecule has 0 atom stereocenters. The van der Waals surface area contributed by atoms with Gasteiger partial charge in [-0.3, -0.25) is 4.79 Å². The van der Waals surface area contributed by atoms with Crippen molar-refractivity contribution in [2.45, 2.75) is 26.7 Å². The van der Waals surface area contributed by atoms with E-state index in [1.165, 1.54) is 0 Å². The van der Waals surface area contributed by atoms with E-state index < -0.39 is 0 Å². The monoisotopic (exact) mass is 233 g/mol. The highest BCUT2D eigenvalue weighted by atomic mass is 16.5. The fourth-order valence-corrected chi connectivity index (χ4v) is 1.97. The number of nitrogens with two attached hydrogens (primary N) is 1. The smallest absolute Gasteiger partial charge is 0.163 e. The van der Waals surface area contributed by atoms with Gasteiger partial charge in [0.25, 0.3) is 0 Å². The summed E-state index contributed by atoms with van der Waals surface area (Å²) in [6.07, 6.45) is 1.39. The van der Waals surface area contributed by atoms with Crippen molar-refractivity contribution >= 4 is 5.78 Å². The number of rotatable bonds is 4. The van der Waals surface area contributed by atoms with Crippen LogP contribution in [0.15, 0.2) is 18.2 Å². The zero-order valence-electron chi connectivity index (χ0n) is 10.5. The Morgan fingerprint density at radius 2 is 2.24 bits per heavy atom. The highest BCUT2D eigenvalue weighted by Gasteiger charge is 2.22. The lowest BCUT2D eigenvalue weighted by atomic mass is 9.85. The molecule has 92 valence electrons. The van der Waals surface area contributed by atoms with Gasteiger partial charge in [0.05, 0.1) is 6.61 Å². The van der Waals surface area contributed by atoms with Gasteiger partial charge in [0.1, 0.15) is 5.75 Å². The van der Waals surface area contributed by atoms with Gasteiger partial charge in [0.15, 0.2) is 5.78 Å². The lowest BCUT2D eigenvalue weighted by Gasteiger charge is -2.21. The average molecular weight is 233 g/mol. The minimum Gasteiger partial charge on any atom is -0.493 e. The van der Waals surface area contributed by atoms with E-state index in [1.807, 2.05) is 32.0 Å². The third kappa shape index (κ3) is 2.67. The molecule has 0 unspecified atom stereocenters. The molecule has 1 aliphatic rings. The summed E-state index contributed by atoms with van der Waals surface area (Å²) in [6, 6.07) is 5.70. The van der Waals surface area contributed by atoms with Crippen molar-refractivity contribution in [3.8, 4) is 5.75 Å². The van der Waals surface area contributed by atoms with Crippen LogP contribution in [0, 0.1) is 5.41 Å². The second-order valence-corrected chi connectivity index (χ2v) is 5.39. The van der Waals surface area contributed by atoms with E-state index in [0.29, 0.717) is 13.0 Å². The van der Waals surface area contributed by atoms with Crippen LogP contribution in [0.1, 0.15) is 36.2 Å². The van der Waals surface area contributed by atoms with Crippen molar-refractivity contribution in [3.05, 3.63) is 29.3 Å². The Morgan fingerprint density at radius 1 is 1.47 bits per heavy atom. The van der Waals surface area contributed by atoms with E-state index in [1.54, 1.807) is 0 Å². The number of carbonyl (C=O) groups is 1. The predicted octanol–water partition coefficient (Wildman–Crippen LogP) is 2.18. The molecule has 3 nitrogen and oxygen atoms in total. The molecule has 0 amide bonds. The molecule has 0 aliphatic carbocycles. The summed E-state index contributed by atoms with van der Waals surface area (Å²) < 4.78 is 5.42. The summed E-state index contributed by atoms with van der Waals surface area (Å²) in [5.41, 5.74) is 7.43. The Bertz CT molecular complexity index is 438. The zero-order chi connectivity index (χ0) is 12.5. The Morgan fingerprint density at radius 3 is 2.94 bits per heavy atom. The van der Waals surface area contributed by atoms with Crippen LogP contribution in [0.2, 0.25) is 0 Å². The van der Waals surface area contributed by atoms with Crippen LogP contribution < -0.4 is 10.5 Å². The number of fused-ring (bicyclic) bond motifs is 1. The number of hydrogen-bond donors (Lipinski definition) is 1. The van der Waals surface area contributed by atoms with E-state index in [9.17, 15) is 4.79 Å². The van der Waals surface area contributed by atoms with Crippen LogP contribution in [0.4, 0.5) is 0 Å². The van der Waals surface area contributed by atoms with Gasteiger partial charge < -0.3 is 10.5 Å². The quantitative estimate of drug-likeness (QED) is 0.811. The number of Topliss-reactive ketones (excluding diaryl/α,β-unsaturated/α-hetero) is 1. The fraction of sp³-hybridized carbons (Fsp3) is 0.500. The van der Waals surface area contributed by atoms with Crippen LogP contribution in [-0.2, 0) is 6.42 Å². The van der Waals surface area contributed by atoms with Crippen LogP contribution in [-0.4, -0.2) is 18.9 Å². The standard InChI is InChI=1S/C14H19NO2/c1-14(2,9-15)8-12(16)10-3-4-13-11(7-10)5-6-17-13/h3-4,7H,5-6,8-9,15H2,1-2H3. The predicted molar refractivity (Wildman–Crippen MR) is 67.4 cm³/mol. The summed E-state index contributed by atoms with van der Waals surface area (Å²) in [7, 11) is 0. The van der Waals surface area contributed by atoms with Gasteiger partial charge in [-0.15, -0.1) is 0 Å². The summed E-state index contributed by atoms with van der Waals surface area (Å²) in [5, 5.41) is 0. The molecule has 1 heterocycles. The first kappa shape index (κ1) is 12.1. The van der Waals surface area contributed by atoms with Crippen LogP contribution in [0.25, 0.3) is 0 Å². The fourth-order valence-electron chi connectivity index (χ4n) is 1.97. The molecule has 3 heteroatoms. The van der Waals surface area contributed by atoms with Crippen molar-refractivity contribution in [2.75, 3.05) is 13.2 Å². The molecule has 0 bridgehead atoms. The lowest BCUT2D eigenvalue weighted by Crippen LogP contribution is -2.26. The minimum atomic E-state index is -0.132. The topological polar surface area (TPSA) is 52.3 Å². The molecular weight excluding hydrogens is 214 g/mol. The molecule has 1 aromatic rings. The van der Waals surface area contributed by atoms with Crippen molar-refractivity contribution in [1.82, 2.24) is 0 Å². The normalized spacial score (nSPS) is 14.3. The van der Waals surface area contributed by atoms with Gasteiger partial charge in [0, 0.05) is 18.4 Å². The highest BCUT2D eigenvalue weighted by molar-refractivity contribution is 5.96. The first-order valence-corrected chi connectivity index (χ1v) is 6.01. The Hall–Kier alpha value is -1.35. The maximum absolute atomic E-state index is 12.1. The van der Waals surface area contributed by atoms with E-state index in [-0.39, 0.29) is 11.2 Å². The first-order valence-electron chi connectivity index (χ1n) is 6.01. The number of hydrogen-bond acceptors (Lipinski definition) is 3. The van der Waals surface area contributed by atoms with Gasteiger partial charge in [-0.2, -0.15) is 0 Å². The summed E-state index contributed by atoms with van der Waals surface area (Å²) >= 11 is 0. The molecule has 0 spiro atoms. The molecule has 1 aliphatic heterocycles. The second kappa shape index (κ2) is 4.49.